The van der Waals surface area contributed by atoms with Crippen molar-refractivity contribution in [3.63, 3.8) is 0 Å². The quantitative estimate of drug-likeness (QED) is 0.772. The van der Waals surface area contributed by atoms with Crippen LogP contribution in [0.5, 0.6) is 5.75 Å². The number of phenols is 1. The van der Waals surface area contributed by atoms with E-state index in [2.05, 4.69) is 5.32 Å². The van der Waals surface area contributed by atoms with Crippen LogP contribution in [0.4, 0.5) is 4.39 Å². The maximum atomic E-state index is 13.2. The summed E-state index contributed by atoms with van der Waals surface area (Å²) in [4.78, 5) is 0. The predicted octanol–water partition coefficient (Wildman–Crippen LogP) is 2.34. The zero-order chi connectivity index (χ0) is 13.1. The Balaban J connectivity index is 2.07. The molecule has 2 rings (SSSR count). The van der Waals surface area contributed by atoms with Gasteiger partial charge in [0.2, 0.25) is 0 Å². The lowest BCUT2D eigenvalue weighted by molar-refractivity contribution is 0.200. The minimum absolute atomic E-state index is 0.106. The van der Waals surface area contributed by atoms with Crippen LogP contribution in [0.25, 0.3) is 0 Å². The summed E-state index contributed by atoms with van der Waals surface area (Å²) in [5, 5.41) is 22.4. The van der Waals surface area contributed by atoms with Gasteiger partial charge in [0.15, 0.2) is 0 Å². The maximum absolute atomic E-state index is 13.2. The second kappa shape index (κ2) is 5.67. The van der Waals surface area contributed by atoms with E-state index in [-0.39, 0.29) is 36.2 Å². The molecule has 0 spiro atoms. The van der Waals surface area contributed by atoms with Gasteiger partial charge in [-0.1, -0.05) is 6.42 Å². The molecule has 0 aromatic heterocycles. The number of nitrogens with one attached hydrogen (secondary N) is 1. The second-order valence-electron chi connectivity index (χ2n) is 5.07. The van der Waals surface area contributed by atoms with Gasteiger partial charge in [0, 0.05) is 24.3 Å². The lowest BCUT2D eigenvalue weighted by Crippen LogP contribution is -2.35. The van der Waals surface area contributed by atoms with Crippen molar-refractivity contribution in [3.05, 3.63) is 29.6 Å². The fourth-order valence-corrected chi connectivity index (χ4v) is 2.76. The fourth-order valence-electron chi connectivity index (χ4n) is 2.76. The van der Waals surface area contributed by atoms with Crippen molar-refractivity contribution in [3.8, 4) is 5.75 Å². The number of hydrogen-bond donors (Lipinski definition) is 3. The Bertz CT molecular complexity index is 411. The van der Waals surface area contributed by atoms with E-state index in [0.29, 0.717) is 5.56 Å². The third-order valence-corrected chi connectivity index (χ3v) is 3.81. The first-order chi connectivity index (χ1) is 8.61. The summed E-state index contributed by atoms with van der Waals surface area (Å²) in [6, 6.07) is 4.10. The van der Waals surface area contributed by atoms with Crippen molar-refractivity contribution in [2.24, 2.45) is 5.92 Å². The van der Waals surface area contributed by atoms with Crippen LogP contribution in [0.1, 0.15) is 37.8 Å². The topological polar surface area (TPSA) is 52.5 Å². The Kier molecular flexibility index (Phi) is 4.19. The Morgan fingerprint density at radius 1 is 1.44 bits per heavy atom. The molecular formula is C14H20FNO2. The van der Waals surface area contributed by atoms with Crippen LogP contribution in [0.3, 0.4) is 0 Å². The molecule has 0 radical (unpaired) electrons. The standard InChI is InChI=1S/C14H20FNO2/c1-9(12-7-11(15)5-6-14(12)18)16-13-4-2-3-10(13)8-17/h5-7,9-10,13,16-18H,2-4,8H2,1H3. The molecule has 18 heavy (non-hydrogen) atoms. The third-order valence-electron chi connectivity index (χ3n) is 3.81. The molecule has 3 unspecified atom stereocenters. The third kappa shape index (κ3) is 2.82. The number of aromatic hydroxyl groups is 1. The smallest absolute Gasteiger partial charge is 0.123 e. The number of hydrogen-bond acceptors (Lipinski definition) is 3. The molecule has 0 bridgehead atoms. The van der Waals surface area contributed by atoms with E-state index in [9.17, 15) is 14.6 Å². The Labute approximate surface area is 107 Å². The average molecular weight is 253 g/mol. The van der Waals surface area contributed by atoms with Gasteiger partial charge in [-0.25, -0.2) is 4.39 Å². The van der Waals surface area contributed by atoms with Gasteiger partial charge in [-0.15, -0.1) is 0 Å². The molecule has 1 fully saturated rings. The summed E-state index contributed by atoms with van der Waals surface area (Å²) in [5.41, 5.74) is 0.568. The maximum Gasteiger partial charge on any atom is 0.123 e. The number of benzene rings is 1. The molecule has 100 valence electrons. The second-order valence-corrected chi connectivity index (χ2v) is 5.07. The van der Waals surface area contributed by atoms with Crippen molar-refractivity contribution >= 4 is 0 Å². The number of halogens is 1. The highest BCUT2D eigenvalue weighted by atomic mass is 19.1. The van der Waals surface area contributed by atoms with Crippen LogP contribution in [-0.4, -0.2) is 22.9 Å². The first-order valence-electron chi connectivity index (χ1n) is 6.47. The van der Waals surface area contributed by atoms with E-state index in [1.54, 1.807) is 0 Å². The highest BCUT2D eigenvalue weighted by molar-refractivity contribution is 5.34. The normalized spacial score (nSPS) is 25.3. The highest BCUT2D eigenvalue weighted by Crippen LogP contribution is 2.30. The average Bonchev–Trinajstić information content (AvgIpc) is 2.79. The van der Waals surface area contributed by atoms with Crippen LogP contribution in [0.15, 0.2) is 18.2 Å². The molecular weight excluding hydrogens is 233 g/mol. The van der Waals surface area contributed by atoms with Gasteiger partial charge in [-0.3, -0.25) is 0 Å². The molecule has 3 atom stereocenters. The van der Waals surface area contributed by atoms with Gasteiger partial charge < -0.3 is 15.5 Å². The molecule has 0 saturated heterocycles. The van der Waals surface area contributed by atoms with Gasteiger partial charge in [0.25, 0.3) is 0 Å². The van der Waals surface area contributed by atoms with Gasteiger partial charge in [0.05, 0.1) is 0 Å². The first-order valence-corrected chi connectivity index (χ1v) is 6.47. The molecule has 1 aromatic carbocycles. The Hall–Kier alpha value is -1.13. The summed E-state index contributed by atoms with van der Waals surface area (Å²) >= 11 is 0. The molecule has 3 N–H and O–H groups in total. The summed E-state index contributed by atoms with van der Waals surface area (Å²) < 4.78 is 13.2. The number of phenolic OH excluding ortho intramolecular Hbond substituents is 1. The van der Waals surface area contributed by atoms with Crippen molar-refractivity contribution in [2.45, 2.75) is 38.3 Å². The number of aliphatic hydroxyl groups excluding tert-OH is 1. The number of rotatable bonds is 4. The highest BCUT2D eigenvalue weighted by Gasteiger charge is 2.28. The van der Waals surface area contributed by atoms with Crippen LogP contribution >= 0.6 is 0 Å². The monoisotopic (exact) mass is 253 g/mol. The zero-order valence-corrected chi connectivity index (χ0v) is 10.6. The van der Waals surface area contributed by atoms with Crippen molar-refractivity contribution < 1.29 is 14.6 Å². The molecule has 1 aliphatic rings. The van der Waals surface area contributed by atoms with E-state index >= 15 is 0 Å². The van der Waals surface area contributed by atoms with E-state index in [0.717, 1.165) is 19.3 Å². The number of aliphatic hydroxyl groups is 1. The van der Waals surface area contributed by atoms with Crippen LogP contribution < -0.4 is 5.32 Å². The molecule has 3 nitrogen and oxygen atoms in total. The molecule has 1 saturated carbocycles. The SMILES string of the molecule is CC(NC1CCCC1CO)c1cc(F)ccc1O. The zero-order valence-electron chi connectivity index (χ0n) is 10.6. The largest absolute Gasteiger partial charge is 0.508 e. The van der Waals surface area contributed by atoms with Gasteiger partial charge in [0.1, 0.15) is 11.6 Å². The molecule has 1 aromatic rings. The summed E-state index contributed by atoms with van der Waals surface area (Å²) in [5.74, 6) is 0.0275. The predicted molar refractivity (Wildman–Crippen MR) is 67.8 cm³/mol. The van der Waals surface area contributed by atoms with Crippen LogP contribution in [0.2, 0.25) is 0 Å². The van der Waals surface area contributed by atoms with E-state index in [1.807, 2.05) is 6.92 Å². The molecule has 0 aliphatic heterocycles. The van der Waals surface area contributed by atoms with Crippen molar-refractivity contribution in [2.75, 3.05) is 6.61 Å². The lowest BCUT2D eigenvalue weighted by Gasteiger charge is -2.24. The van der Waals surface area contributed by atoms with E-state index in [1.165, 1.54) is 18.2 Å². The molecule has 4 heteroatoms. The fraction of sp³-hybridized carbons (Fsp3) is 0.571. The molecule has 0 heterocycles. The lowest BCUT2D eigenvalue weighted by atomic mass is 10.0. The molecule has 0 amide bonds. The van der Waals surface area contributed by atoms with Gasteiger partial charge in [-0.05, 0) is 43.9 Å². The van der Waals surface area contributed by atoms with Crippen molar-refractivity contribution in [1.82, 2.24) is 5.32 Å². The minimum atomic E-state index is -0.346. The Morgan fingerprint density at radius 2 is 2.22 bits per heavy atom. The summed E-state index contributed by atoms with van der Waals surface area (Å²) in [6.07, 6.45) is 3.15. The Morgan fingerprint density at radius 3 is 2.94 bits per heavy atom. The van der Waals surface area contributed by atoms with Gasteiger partial charge >= 0.3 is 0 Å². The minimum Gasteiger partial charge on any atom is -0.508 e. The van der Waals surface area contributed by atoms with Crippen LogP contribution in [0, 0.1) is 11.7 Å². The van der Waals surface area contributed by atoms with Crippen LogP contribution in [-0.2, 0) is 0 Å². The molecule has 1 aliphatic carbocycles. The van der Waals surface area contributed by atoms with E-state index < -0.39 is 0 Å². The first kappa shape index (κ1) is 13.3. The van der Waals surface area contributed by atoms with Crippen molar-refractivity contribution in [1.29, 1.82) is 0 Å². The summed E-state index contributed by atoms with van der Waals surface area (Å²) in [7, 11) is 0. The van der Waals surface area contributed by atoms with Gasteiger partial charge in [-0.2, -0.15) is 0 Å². The summed E-state index contributed by atoms with van der Waals surface area (Å²) in [6.45, 7) is 2.08. The van der Waals surface area contributed by atoms with E-state index in [4.69, 9.17) is 0 Å².